The van der Waals surface area contributed by atoms with Crippen molar-refractivity contribution in [2.24, 2.45) is 0 Å². The lowest BCUT2D eigenvalue weighted by Crippen LogP contribution is -2.29. The van der Waals surface area contributed by atoms with Gasteiger partial charge in [0.1, 0.15) is 11.5 Å². The molecule has 1 heterocycles. The van der Waals surface area contributed by atoms with Crippen molar-refractivity contribution in [2.45, 2.75) is 12.8 Å². The van der Waals surface area contributed by atoms with Gasteiger partial charge in [0.2, 0.25) is 0 Å². The van der Waals surface area contributed by atoms with Gasteiger partial charge >= 0.3 is 0 Å². The smallest absolute Gasteiger partial charge is 0.281 e. The number of hydrogen-bond donors (Lipinski definition) is 1. The minimum atomic E-state index is -0.344. The van der Waals surface area contributed by atoms with Crippen LogP contribution in [0.1, 0.15) is 12.2 Å². The molecule has 112 valence electrons. The van der Waals surface area contributed by atoms with E-state index in [-0.39, 0.29) is 12.5 Å². The molecule has 6 heteroatoms. The normalized spacial score (nSPS) is 10.3. The van der Waals surface area contributed by atoms with Crippen LogP contribution in [0.25, 0.3) is 0 Å². The van der Waals surface area contributed by atoms with Gasteiger partial charge in [0, 0.05) is 11.4 Å². The van der Waals surface area contributed by atoms with Gasteiger partial charge in [-0.25, -0.2) is 5.48 Å². The highest BCUT2D eigenvalue weighted by Gasteiger charge is 2.03. The monoisotopic (exact) mass is 309 g/mol. The summed E-state index contributed by atoms with van der Waals surface area (Å²) >= 11 is 5.75. The Hall–Kier alpha value is -1.98. The minimum absolute atomic E-state index is 0.111. The molecular weight excluding hydrogens is 294 g/mol. The summed E-state index contributed by atoms with van der Waals surface area (Å²) in [6.07, 6.45) is 3.15. The van der Waals surface area contributed by atoms with Gasteiger partial charge in [-0.3, -0.25) is 9.63 Å². The Bertz CT molecular complexity index is 539. The summed E-state index contributed by atoms with van der Waals surface area (Å²) in [5, 5.41) is 0.617. The molecule has 1 N–H and O–H groups in total. The third kappa shape index (κ3) is 5.89. The number of halogens is 1. The first-order valence-corrected chi connectivity index (χ1v) is 6.93. The Labute approximate surface area is 127 Å². The molecule has 0 aliphatic heterocycles. The molecule has 0 atom stereocenters. The second kappa shape index (κ2) is 8.34. The van der Waals surface area contributed by atoms with E-state index in [4.69, 9.17) is 25.6 Å². The molecule has 1 amide bonds. The van der Waals surface area contributed by atoms with Gasteiger partial charge < -0.3 is 9.15 Å². The molecule has 2 aromatic rings. The fourth-order valence-electron chi connectivity index (χ4n) is 1.61. The lowest BCUT2D eigenvalue weighted by atomic mass is 10.3. The first-order chi connectivity index (χ1) is 10.2. The van der Waals surface area contributed by atoms with Crippen molar-refractivity contribution in [1.82, 2.24) is 5.48 Å². The summed E-state index contributed by atoms with van der Waals surface area (Å²) < 4.78 is 10.5. The van der Waals surface area contributed by atoms with Crippen molar-refractivity contribution in [2.75, 3.05) is 13.2 Å². The van der Waals surface area contributed by atoms with Crippen LogP contribution < -0.4 is 10.2 Å². The number of nitrogens with one attached hydrogen (secondary N) is 1. The van der Waals surface area contributed by atoms with Crippen LogP contribution in [-0.2, 0) is 16.1 Å². The molecule has 2 rings (SSSR count). The molecule has 0 unspecified atom stereocenters. The van der Waals surface area contributed by atoms with Crippen LogP contribution in [0.2, 0.25) is 5.02 Å². The van der Waals surface area contributed by atoms with Gasteiger partial charge in [-0.05, 0) is 42.8 Å². The van der Waals surface area contributed by atoms with Crippen molar-refractivity contribution in [3.63, 3.8) is 0 Å². The lowest BCUT2D eigenvalue weighted by Gasteiger charge is -2.07. The molecular formula is C15H16ClNO4. The highest BCUT2D eigenvalue weighted by molar-refractivity contribution is 6.30. The van der Waals surface area contributed by atoms with E-state index in [1.807, 2.05) is 12.1 Å². The molecule has 0 spiro atoms. The lowest BCUT2D eigenvalue weighted by molar-refractivity contribution is -0.135. The topological polar surface area (TPSA) is 60.7 Å². The summed E-state index contributed by atoms with van der Waals surface area (Å²) in [6, 6.07) is 10.5. The van der Waals surface area contributed by atoms with E-state index in [0.717, 1.165) is 18.6 Å². The van der Waals surface area contributed by atoms with Gasteiger partial charge in [-0.15, -0.1) is 0 Å². The number of carbonyl (C=O) groups is 1. The van der Waals surface area contributed by atoms with Crippen molar-refractivity contribution < 1.29 is 18.8 Å². The Morgan fingerprint density at radius 3 is 2.76 bits per heavy atom. The van der Waals surface area contributed by atoms with Gasteiger partial charge in [-0.2, -0.15) is 0 Å². The van der Waals surface area contributed by atoms with E-state index < -0.39 is 0 Å². The van der Waals surface area contributed by atoms with Gasteiger partial charge in [0.15, 0.2) is 6.61 Å². The van der Waals surface area contributed by atoms with Crippen LogP contribution in [-0.4, -0.2) is 19.1 Å². The maximum Gasteiger partial charge on any atom is 0.281 e. The molecule has 0 aliphatic rings. The molecule has 0 radical (unpaired) electrons. The zero-order chi connectivity index (χ0) is 14.9. The average molecular weight is 310 g/mol. The minimum Gasteiger partial charge on any atom is -0.484 e. The zero-order valence-electron chi connectivity index (χ0n) is 11.4. The van der Waals surface area contributed by atoms with Crippen molar-refractivity contribution in [3.05, 3.63) is 53.4 Å². The van der Waals surface area contributed by atoms with E-state index in [2.05, 4.69) is 5.48 Å². The number of hydroxylamine groups is 1. The third-order valence-electron chi connectivity index (χ3n) is 2.62. The molecule has 0 fully saturated rings. The van der Waals surface area contributed by atoms with Crippen LogP contribution in [0.5, 0.6) is 5.75 Å². The quantitative estimate of drug-likeness (QED) is 0.601. The average Bonchev–Trinajstić information content (AvgIpc) is 2.99. The van der Waals surface area contributed by atoms with E-state index in [9.17, 15) is 4.79 Å². The summed E-state index contributed by atoms with van der Waals surface area (Å²) in [5.41, 5.74) is 2.32. The fourth-order valence-corrected chi connectivity index (χ4v) is 1.74. The predicted molar refractivity (Wildman–Crippen MR) is 78.1 cm³/mol. The molecule has 5 nitrogen and oxygen atoms in total. The second-order valence-corrected chi connectivity index (χ2v) is 4.74. The van der Waals surface area contributed by atoms with E-state index >= 15 is 0 Å². The van der Waals surface area contributed by atoms with E-state index in [1.54, 1.807) is 30.5 Å². The molecule has 1 aromatic carbocycles. The highest BCUT2D eigenvalue weighted by Crippen LogP contribution is 2.15. The summed E-state index contributed by atoms with van der Waals surface area (Å²) in [5.74, 6) is 1.13. The number of aryl methyl sites for hydroxylation is 1. The summed E-state index contributed by atoms with van der Waals surface area (Å²) in [7, 11) is 0. The largest absolute Gasteiger partial charge is 0.484 e. The molecule has 0 aliphatic carbocycles. The van der Waals surface area contributed by atoms with Gasteiger partial charge in [-0.1, -0.05) is 11.6 Å². The second-order valence-electron chi connectivity index (χ2n) is 4.30. The molecule has 0 saturated heterocycles. The predicted octanol–water partition coefficient (Wildman–Crippen LogP) is 2.99. The number of benzene rings is 1. The van der Waals surface area contributed by atoms with Crippen molar-refractivity contribution in [1.29, 1.82) is 0 Å². The Balaban J connectivity index is 1.54. The Morgan fingerprint density at radius 2 is 2.05 bits per heavy atom. The Kier molecular flexibility index (Phi) is 6.12. The standard InChI is InChI=1S/C15H16ClNO4/c16-12-5-7-14(8-6-12)20-11-15(18)17-21-10-2-4-13-3-1-9-19-13/h1,3,5-9H,2,4,10-11H2,(H,17,18). The fraction of sp³-hybridized carbons (Fsp3) is 0.267. The first kappa shape index (κ1) is 15.4. The summed E-state index contributed by atoms with van der Waals surface area (Å²) in [6.45, 7) is 0.299. The molecule has 0 bridgehead atoms. The van der Waals surface area contributed by atoms with Crippen LogP contribution in [0, 0.1) is 0 Å². The molecule has 1 aromatic heterocycles. The van der Waals surface area contributed by atoms with Crippen LogP contribution in [0.4, 0.5) is 0 Å². The number of amides is 1. The van der Waals surface area contributed by atoms with E-state index in [0.29, 0.717) is 17.4 Å². The van der Waals surface area contributed by atoms with Crippen LogP contribution in [0.15, 0.2) is 47.1 Å². The highest BCUT2D eigenvalue weighted by atomic mass is 35.5. The Morgan fingerprint density at radius 1 is 1.24 bits per heavy atom. The SMILES string of the molecule is O=C(COc1ccc(Cl)cc1)NOCCCc1ccco1. The van der Waals surface area contributed by atoms with E-state index in [1.165, 1.54) is 0 Å². The number of furan rings is 1. The maximum atomic E-state index is 11.5. The van der Waals surface area contributed by atoms with Crippen molar-refractivity contribution >= 4 is 17.5 Å². The van der Waals surface area contributed by atoms with Crippen LogP contribution in [0.3, 0.4) is 0 Å². The van der Waals surface area contributed by atoms with Crippen LogP contribution >= 0.6 is 11.6 Å². The third-order valence-corrected chi connectivity index (χ3v) is 2.87. The van der Waals surface area contributed by atoms with Gasteiger partial charge in [0.25, 0.3) is 5.91 Å². The number of carbonyl (C=O) groups excluding carboxylic acids is 1. The zero-order valence-corrected chi connectivity index (χ0v) is 12.1. The number of rotatable bonds is 8. The first-order valence-electron chi connectivity index (χ1n) is 6.55. The molecule has 0 saturated carbocycles. The molecule has 21 heavy (non-hydrogen) atoms. The number of ether oxygens (including phenoxy) is 1. The van der Waals surface area contributed by atoms with Crippen molar-refractivity contribution in [3.8, 4) is 5.75 Å². The maximum absolute atomic E-state index is 11.5. The van der Waals surface area contributed by atoms with Gasteiger partial charge in [0.05, 0.1) is 12.9 Å². The number of hydrogen-bond acceptors (Lipinski definition) is 4. The summed E-state index contributed by atoms with van der Waals surface area (Å²) in [4.78, 5) is 16.5.